The Bertz CT molecular complexity index is 671. The Morgan fingerprint density at radius 3 is 2.65 bits per heavy atom. The monoisotopic (exact) mass is 317 g/mol. The van der Waals surface area contributed by atoms with E-state index in [1.54, 1.807) is 6.07 Å². The third kappa shape index (κ3) is 3.29. The summed E-state index contributed by atoms with van der Waals surface area (Å²) in [5.41, 5.74) is 7.72. The molecule has 124 valence electrons. The molecule has 6 nitrogen and oxygen atoms in total. The first-order valence-corrected chi connectivity index (χ1v) is 8.01. The molecule has 1 aromatic heterocycles. The zero-order valence-electron chi connectivity index (χ0n) is 13.2. The van der Waals surface area contributed by atoms with Crippen molar-refractivity contribution in [2.24, 2.45) is 11.7 Å². The number of rotatable bonds is 4. The number of benzene rings is 1. The second-order valence-electron chi connectivity index (χ2n) is 6.24. The van der Waals surface area contributed by atoms with E-state index in [4.69, 9.17) is 10.5 Å². The van der Waals surface area contributed by atoms with Crippen LogP contribution in [-0.2, 0) is 0 Å². The van der Waals surface area contributed by atoms with Crippen molar-refractivity contribution in [2.75, 3.05) is 7.11 Å². The molecule has 6 heteroatoms. The summed E-state index contributed by atoms with van der Waals surface area (Å²) < 4.78 is 5.11. The van der Waals surface area contributed by atoms with Gasteiger partial charge in [0.25, 0.3) is 0 Å². The minimum atomic E-state index is -1.00. The van der Waals surface area contributed by atoms with Crippen LogP contribution in [0.25, 0.3) is 11.0 Å². The van der Waals surface area contributed by atoms with Gasteiger partial charge in [-0.15, -0.1) is 0 Å². The first kappa shape index (κ1) is 16.1. The molecule has 1 aliphatic carbocycles. The van der Waals surface area contributed by atoms with Crippen molar-refractivity contribution >= 4 is 11.0 Å². The lowest BCUT2D eigenvalue weighted by molar-refractivity contribution is -0.0291. The van der Waals surface area contributed by atoms with E-state index in [9.17, 15) is 10.2 Å². The molecule has 0 unspecified atom stereocenters. The molecule has 2 atom stereocenters. The van der Waals surface area contributed by atoms with Crippen LogP contribution >= 0.6 is 0 Å². The van der Waals surface area contributed by atoms with Crippen molar-refractivity contribution in [2.45, 2.75) is 43.9 Å². The topological polar surface area (TPSA) is 101 Å². The van der Waals surface area contributed by atoms with Gasteiger partial charge >= 0.3 is 0 Å². The minimum absolute atomic E-state index is 0.0543. The van der Waals surface area contributed by atoms with Gasteiger partial charge in [-0.1, -0.05) is 12.1 Å². The zero-order valence-corrected chi connectivity index (χ0v) is 13.2. The predicted molar refractivity (Wildman–Crippen MR) is 87.0 cm³/mol. The molecule has 3 rings (SSSR count). The molecule has 2 aromatic rings. The number of para-hydroxylation sites is 1. The molecule has 0 radical (unpaired) electrons. The van der Waals surface area contributed by atoms with Gasteiger partial charge in [-0.25, -0.2) is 9.97 Å². The van der Waals surface area contributed by atoms with Crippen LogP contribution in [0.4, 0.5) is 0 Å². The van der Waals surface area contributed by atoms with E-state index in [-0.39, 0.29) is 12.0 Å². The van der Waals surface area contributed by atoms with E-state index in [1.165, 1.54) is 13.3 Å². The van der Waals surface area contributed by atoms with Crippen molar-refractivity contribution in [1.29, 1.82) is 0 Å². The van der Waals surface area contributed by atoms with Crippen LogP contribution in [0.1, 0.15) is 37.4 Å². The van der Waals surface area contributed by atoms with Crippen LogP contribution in [0.15, 0.2) is 24.4 Å². The minimum Gasteiger partial charge on any atom is -0.480 e. The van der Waals surface area contributed by atoms with Crippen LogP contribution in [0, 0.1) is 5.92 Å². The lowest BCUT2D eigenvalue weighted by atomic mass is 9.80. The van der Waals surface area contributed by atoms with Crippen molar-refractivity contribution in [3.63, 3.8) is 0 Å². The second kappa shape index (κ2) is 6.78. The van der Waals surface area contributed by atoms with Gasteiger partial charge in [-0.2, -0.15) is 0 Å². The SMILES string of the molecule is COc1cnc2cccc([C@@H](O)[C@H](O)C3CCC(N)CC3)c2n1. The molecule has 1 aromatic carbocycles. The third-order valence-electron chi connectivity index (χ3n) is 4.73. The van der Waals surface area contributed by atoms with Crippen LogP contribution in [0.2, 0.25) is 0 Å². The van der Waals surface area contributed by atoms with E-state index < -0.39 is 12.2 Å². The quantitative estimate of drug-likeness (QED) is 0.791. The Balaban J connectivity index is 1.89. The molecular formula is C17H23N3O3. The highest BCUT2D eigenvalue weighted by atomic mass is 16.5. The normalized spacial score (nSPS) is 24.3. The maximum Gasteiger partial charge on any atom is 0.232 e. The average Bonchev–Trinajstić information content (AvgIpc) is 2.60. The largest absolute Gasteiger partial charge is 0.480 e. The highest BCUT2D eigenvalue weighted by Gasteiger charge is 2.31. The zero-order chi connectivity index (χ0) is 16.4. The van der Waals surface area contributed by atoms with Gasteiger partial charge in [0.1, 0.15) is 6.10 Å². The van der Waals surface area contributed by atoms with Gasteiger partial charge in [-0.05, 0) is 37.7 Å². The average molecular weight is 317 g/mol. The number of hydrogen-bond donors (Lipinski definition) is 3. The highest BCUT2D eigenvalue weighted by molar-refractivity contribution is 5.78. The highest BCUT2D eigenvalue weighted by Crippen LogP contribution is 2.34. The molecule has 4 N–H and O–H groups in total. The molecule has 0 aliphatic heterocycles. The molecule has 0 saturated heterocycles. The summed E-state index contributed by atoms with van der Waals surface area (Å²) in [5.74, 6) is 0.439. The Kier molecular flexibility index (Phi) is 4.75. The molecular weight excluding hydrogens is 294 g/mol. The maximum absolute atomic E-state index is 10.7. The Morgan fingerprint density at radius 1 is 1.22 bits per heavy atom. The number of nitrogens with two attached hydrogens (primary N) is 1. The van der Waals surface area contributed by atoms with E-state index >= 15 is 0 Å². The standard InChI is InChI=1S/C17H23N3O3/c1-23-14-9-19-13-4-2-3-12(15(13)20-14)17(22)16(21)10-5-7-11(18)8-6-10/h2-4,9-11,16-17,21-22H,5-8,18H2,1H3/t10?,11?,16-,17-/m1/s1. The molecule has 0 bridgehead atoms. The number of aliphatic hydroxyl groups excluding tert-OH is 2. The summed E-state index contributed by atoms with van der Waals surface area (Å²) >= 11 is 0. The van der Waals surface area contributed by atoms with Gasteiger partial charge in [-0.3, -0.25) is 0 Å². The molecule has 1 fully saturated rings. The van der Waals surface area contributed by atoms with E-state index in [0.29, 0.717) is 22.5 Å². The van der Waals surface area contributed by atoms with E-state index in [1.807, 2.05) is 12.1 Å². The summed E-state index contributed by atoms with van der Waals surface area (Å²) in [4.78, 5) is 8.66. The molecule has 1 heterocycles. The first-order chi connectivity index (χ1) is 11.1. The fraction of sp³-hybridized carbons (Fsp3) is 0.529. The summed E-state index contributed by atoms with van der Waals surface area (Å²) in [5, 5.41) is 21.3. The molecule has 23 heavy (non-hydrogen) atoms. The van der Waals surface area contributed by atoms with Gasteiger partial charge in [0, 0.05) is 11.6 Å². The fourth-order valence-corrected chi connectivity index (χ4v) is 3.30. The number of aliphatic hydroxyl groups is 2. The van der Waals surface area contributed by atoms with E-state index in [2.05, 4.69) is 9.97 Å². The van der Waals surface area contributed by atoms with Crippen LogP contribution < -0.4 is 10.5 Å². The lowest BCUT2D eigenvalue weighted by Crippen LogP contribution is -2.35. The number of aromatic nitrogens is 2. The van der Waals surface area contributed by atoms with E-state index in [0.717, 1.165) is 25.7 Å². The Morgan fingerprint density at radius 2 is 1.96 bits per heavy atom. The number of nitrogens with zero attached hydrogens (tertiary/aromatic N) is 2. The maximum atomic E-state index is 10.7. The van der Waals surface area contributed by atoms with Crippen LogP contribution in [-0.4, -0.2) is 39.4 Å². The van der Waals surface area contributed by atoms with Crippen LogP contribution in [0.5, 0.6) is 5.88 Å². The molecule has 0 spiro atoms. The summed E-state index contributed by atoms with van der Waals surface area (Å²) in [7, 11) is 1.52. The van der Waals surface area contributed by atoms with Crippen molar-refractivity contribution < 1.29 is 14.9 Å². The number of fused-ring (bicyclic) bond motifs is 1. The summed E-state index contributed by atoms with van der Waals surface area (Å²) in [6.45, 7) is 0. The summed E-state index contributed by atoms with van der Waals surface area (Å²) in [6.07, 6.45) is 3.14. The number of methoxy groups -OCH3 is 1. The Labute approximate surface area is 135 Å². The van der Waals surface area contributed by atoms with Crippen molar-refractivity contribution in [1.82, 2.24) is 9.97 Å². The fourth-order valence-electron chi connectivity index (χ4n) is 3.30. The van der Waals surface area contributed by atoms with Crippen molar-refractivity contribution in [3.05, 3.63) is 30.0 Å². The second-order valence-corrected chi connectivity index (χ2v) is 6.24. The Hall–Kier alpha value is -1.76. The third-order valence-corrected chi connectivity index (χ3v) is 4.73. The first-order valence-electron chi connectivity index (χ1n) is 8.01. The molecule has 1 saturated carbocycles. The van der Waals surface area contributed by atoms with Gasteiger partial charge in [0.05, 0.1) is 30.4 Å². The lowest BCUT2D eigenvalue weighted by Gasteiger charge is -2.32. The predicted octanol–water partition coefficient (Wildman–Crippen LogP) is 1.55. The van der Waals surface area contributed by atoms with Gasteiger partial charge < -0.3 is 20.7 Å². The number of ether oxygens (including phenoxy) is 1. The van der Waals surface area contributed by atoms with Crippen LogP contribution in [0.3, 0.4) is 0 Å². The van der Waals surface area contributed by atoms with Crippen molar-refractivity contribution in [3.8, 4) is 5.88 Å². The molecule has 1 aliphatic rings. The molecule has 0 amide bonds. The number of hydrogen-bond acceptors (Lipinski definition) is 6. The van der Waals surface area contributed by atoms with Gasteiger partial charge in [0.15, 0.2) is 0 Å². The van der Waals surface area contributed by atoms with Gasteiger partial charge in [0.2, 0.25) is 5.88 Å². The summed E-state index contributed by atoms with van der Waals surface area (Å²) in [6, 6.07) is 5.62. The smallest absolute Gasteiger partial charge is 0.232 e.